The zero-order valence-corrected chi connectivity index (χ0v) is 19.2. The van der Waals surface area contributed by atoms with Crippen molar-refractivity contribution in [1.82, 2.24) is 9.78 Å². The highest BCUT2D eigenvalue weighted by Gasteiger charge is 2.37. The molecule has 0 radical (unpaired) electrons. The maximum Gasteiger partial charge on any atom is 0.341 e. The number of rotatable bonds is 7. The van der Waals surface area contributed by atoms with E-state index in [2.05, 4.69) is 11.2 Å². The van der Waals surface area contributed by atoms with Crippen LogP contribution < -0.4 is 19.9 Å². The Morgan fingerprint density at radius 1 is 1.29 bits per heavy atom. The molecule has 1 aliphatic heterocycles. The fourth-order valence-corrected chi connectivity index (χ4v) is 4.12. The summed E-state index contributed by atoms with van der Waals surface area (Å²) in [6.07, 6.45) is 0. The summed E-state index contributed by atoms with van der Waals surface area (Å²) in [4.78, 5) is 11.0. The van der Waals surface area contributed by atoms with E-state index in [1.54, 1.807) is 17.7 Å². The molecular formula is C24H21ClN4O5. The van der Waals surface area contributed by atoms with Crippen LogP contribution in [0.2, 0.25) is 5.02 Å². The predicted molar refractivity (Wildman–Crippen MR) is 123 cm³/mol. The lowest BCUT2D eigenvalue weighted by Gasteiger charge is -2.26. The Balaban J connectivity index is 1.91. The number of aromatic nitrogens is 2. The van der Waals surface area contributed by atoms with Crippen LogP contribution in [0.4, 0.5) is 0 Å². The number of fused-ring (bicyclic) bond motifs is 1. The van der Waals surface area contributed by atoms with Gasteiger partial charge in [0.1, 0.15) is 11.6 Å². The molecule has 0 saturated heterocycles. The fourth-order valence-electron chi connectivity index (χ4n) is 3.86. The second kappa shape index (κ2) is 9.37. The van der Waals surface area contributed by atoms with E-state index in [0.717, 1.165) is 5.69 Å². The molecule has 3 aromatic rings. The molecule has 4 rings (SSSR count). The molecule has 0 aliphatic carbocycles. The lowest BCUT2D eigenvalue weighted by molar-refractivity contribution is -0.139. The third-order valence-corrected chi connectivity index (χ3v) is 5.59. The van der Waals surface area contributed by atoms with E-state index in [1.165, 1.54) is 6.07 Å². The van der Waals surface area contributed by atoms with Crippen LogP contribution in [0.3, 0.4) is 0 Å². The van der Waals surface area contributed by atoms with Gasteiger partial charge in [-0.15, -0.1) is 0 Å². The second-order valence-electron chi connectivity index (χ2n) is 7.41. The molecule has 3 N–H and O–H groups in total. The first-order valence-corrected chi connectivity index (χ1v) is 10.8. The molecule has 174 valence electrons. The summed E-state index contributed by atoms with van der Waals surface area (Å²) in [6, 6.07) is 14.6. The molecule has 0 saturated carbocycles. The quantitative estimate of drug-likeness (QED) is 0.520. The minimum absolute atomic E-state index is 0.0580. The Kier molecular flexibility index (Phi) is 6.34. The number of benzene rings is 2. The number of carbonyl (C=O) groups is 1. The number of ether oxygens (including phenoxy) is 3. The van der Waals surface area contributed by atoms with Gasteiger partial charge in [0.25, 0.3) is 0 Å². The van der Waals surface area contributed by atoms with Gasteiger partial charge >= 0.3 is 5.97 Å². The van der Waals surface area contributed by atoms with Crippen molar-refractivity contribution in [3.63, 3.8) is 0 Å². The largest absolute Gasteiger partial charge is 0.490 e. The van der Waals surface area contributed by atoms with Crippen LogP contribution in [-0.4, -0.2) is 34.1 Å². The van der Waals surface area contributed by atoms with Crippen LogP contribution in [0.15, 0.2) is 53.9 Å². The molecule has 0 spiro atoms. The molecule has 1 atom stereocenters. The van der Waals surface area contributed by atoms with Crippen molar-refractivity contribution in [2.24, 2.45) is 5.73 Å². The van der Waals surface area contributed by atoms with E-state index in [1.807, 2.05) is 37.3 Å². The second-order valence-corrected chi connectivity index (χ2v) is 7.82. The number of hydrogen-bond acceptors (Lipinski definition) is 7. The lowest BCUT2D eigenvalue weighted by Crippen LogP contribution is -2.22. The Morgan fingerprint density at radius 3 is 2.65 bits per heavy atom. The number of nitriles is 1. The summed E-state index contributed by atoms with van der Waals surface area (Å²) >= 11 is 6.64. The first-order valence-electron chi connectivity index (χ1n) is 10.4. The normalized spacial score (nSPS) is 14.7. The van der Waals surface area contributed by atoms with Crippen molar-refractivity contribution in [2.75, 3.05) is 13.2 Å². The van der Waals surface area contributed by atoms with Crippen LogP contribution in [0, 0.1) is 18.3 Å². The number of carboxylic acid groups (broad SMARTS) is 1. The summed E-state index contributed by atoms with van der Waals surface area (Å²) in [5.41, 5.74) is 8.90. The van der Waals surface area contributed by atoms with Gasteiger partial charge in [-0.1, -0.05) is 29.8 Å². The first kappa shape index (κ1) is 23.0. The van der Waals surface area contributed by atoms with E-state index >= 15 is 0 Å². The van der Waals surface area contributed by atoms with E-state index in [9.17, 15) is 10.1 Å². The number of aliphatic carboxylic acids is 1. The highest BCUT2D eigenvalue weighted by atomic mass is 35.5. The molecule has 0 bridgehead atoms. The minimum Gasteiger partial charge on any atom is -0.490 e. The van der Waals surface area contributed by atoms with Gasteiger partial charge in [-0.25, -0.2) is 9.48 Å². The number of carboxylic acids is 1. The first-order chi connectivity index (χ1) is 16.3. The number of allylic oxidation sites excluding steroid dienone is 1. The van der Waals surface area contributed by atoms with Crippen molar-refractivity contribution in [2.45, 2.75) is 19.8 Å². The van der Waals surface area contributed by atoms with Crippen molar-refractivity contribution < 1.29 is 24.1 Å². The zero-order valence-electron chi connectivity index (χ0n) is 18.4. The summed E-state index contributed by atoms with van der Waals surface area (Å²) in [7, 11) is 0. The topological polar surface area (TPSA) is 133 Å². The average Bonchev–Trinajstić information content (AvgIpc) is 3.14. The number of nitrogens with two attached hydrogens (primary N) is 1. The molecule has 9 nitrogen and oxygen atoms in total. The van der Waals surface area contributed by atoms with Gasteiger partial charge in [0.2, 0.25) is 11.8 Å². The van der Waals surface area contributed by atoms with Gasteiger partial charge in [-0.2, -0.15) is 10.4 Å². The molecule has 0 amide bonds. The fraction of sp³-hybridized carbons (Fsp3) is 0.208. The van der Waals surface area contributed by atoms with Crippen molar-refractivity contribution >= 4 is 17.6 Å². The smallest absolute Gasteiger partial charge is 0.341 e. The Labute approximate surface area is 200 Å². The van der Waals surface area contributed by atoms with E-state index in [0.29, 0.717) is 35.1 Å². The van der Waals surface area contributed by atoms with Crippen LogP contribution in [0.5, 0.6) is 17.4 Å². The van der Waals surface area contributed by atoms with E-state index in [4.69, 9.17) is 36.7 Å². The zero-order chi connectivity index (χ0) is 24.4. The molecule has 10 heteroatoms. The standard InChI is InChI=1S/C24H21ClN4O5/c1-3-32-18-9-15(17(25)10-19(18)33-12-20(30)31)22-16(11-26)23(27)34-24-21(22)13(2)28-29(24)14-7-5-4-6-8-14/h4-10,22H,3,12,27H2,1-2H3,(H,30,31)/t22-/m0/s1. The summed E-state index contributed by atoms with van der Waals surface area (Å²) in [5.74, 6) is -1.03. The number of nitrogens with zero attached hydrogens (tertiary/aromatic N) is 3. The van der Waals surface area contributed by atoms with Crippen LogP contribution in [0.25, 0.3) is 5.69 Å². The van der Waals surface area contributed by atoms with E-state index < -0.39 is 18.5 Å². The Bertz CT molecular complexity index is 1330. The molecule has 34 heavy (non-hydrogen) atoms. The van der Waals surface area contributed by atoms with Gasteiger partial charge in [0.05, 0.1) is 29.5 Å². The van der Waals surface area contributed by atoms with Crippen LogP contribution >= 0.6 is 11.6 Å². The number of para-hydroxylation sites is 1. The van der Waals surface area contributed by atoms with Crippen molar-refractivity contribution in [1.29, 1.82) is 5.26 Å². The highest BCUT2D eigenvalue weighted by Crippen LogP contribution is 2.48. The molecular weight excluding hydrogens is 460 g/mol. The summed E-state index contributed by atoms with van der Waals surface area (Å²) in [5, 5.41) is 23.8. The Hall–Kier alpha value is -4.16. The number of hydrogen-bond donors (Lipinski definition) is 2. The van der Waals surface area contributed by atoms with Crippen molar-refractivity contribution in [3.05, 3.63) is 75.8 Å². The predicted octanol–water partition coefficient (Wildman–Crippen LogP) is 3.91. The van der Waals surface area contributed by atoms with Gasteiger partial charge in [-0.3, -0.25) is 0 Å². The lowest BCUT2D eigenvalue weighted by atomic mass is 9.84. The maximum atomic E-state index is 11.0. The molecule has 2 aromatic carbocycles. The van der Waals surface area contributed by atoms with Gasteiger partial charge in [0.15, 0.2) is 18.1 Å². The maximum absolute atomic E-state index is 11.0. The molecule has 1 aromatic heterocycles. The Morgan fingerprint density at radius 2 is 2.00 bits per heavy atom. The minimum atomic E-state index is -1.14. The highest BCUT2D eigenvalue weighted by molar-refractivity contribution is 6.31. The van der Waals surface area contributed by atoms with Gasteiger partial charge < -0.3 is 25.1 Å². The van der Waals surface area contributed by atoms with Crippen LogP contribution in [-0.2, 0) is 4.79 Å². The number of halogens is 1. The number of aryl methyl sites for hydroxylation is 1. The van der Waals surface area contributed by atoms with Gasteiger partial charge in [0, 0.05) is 11.1 Å². The third-order valence-electron chi connectivity index (χ3n) is 5.26. The summed E-state index contributed by atoms with van der Waals surface area (Å²) in [6.45, 7) is 3.34. The molecule has 0 fully saturated rings. The third kappa shape index (κ3) is 4.11. The van der Waals surface area contributed by atoms with E-state index in [-0.39, 0.29) is 22.2 Å². The van der Waals surface area contributed by atoms with Crippen molar-refractivity contribution in [3.8, 4) is 29.1 Å². The molecule has 2 heterocycles. The summed E-state index contributed by atoms with van der Waals surface area (Å²) < 4.78 is 18.5. The average molecular weight is 481 g/mol. The van der Waals surface area contributed by atoms with Gasteiger partial charge in [-0.05, 0) is 37.6 Å². The SMILES string of the molecule is CCOc1cc([C@H]2C(C#N)=C(N)Oc3c2c(C)nn3-c2ccccc2)c(Cl)cc1OCC(=O)O. The monoisotopic (exact) mass is 480 g/mol. The molecule has 1 aliphatic rings. The van der Waals surface area contributed by atoms with Crippen LogP contribution in [0.1, 0.15) is 29.7 Å². The molecule has 0 unspecified atom stereocenters.